The Hall–Kier alpha value is -0.370. The third kappa shape index (κ3) is 4.55. The van der Waals surface area contributed by atoms with E-state index in [1.807, 2.05) is 0 Å². The zero-order valence-corrected chi connectivity index (χ0v) is 14.4. The zero-order valence-electron chi connectivity index (χ0n) is 11.2. The number of ether oxygens (including phenoxy) is 1. The van der Waals surface area contributed by atoms with Crippen molar-refractivity contribution in [3.63, 3.8) is 0 Å². The Morgan fingerprint density at radius 1 is 1.38 bits per heavy atom. The maximum absolute atomic E-state index is 13.5. The molecule has 4 nitrogen and oxygen atoms in total. The average Bonchev–Trinajstić information content (AvgIpc) is 2.79. The molecule has 0 amide bonds. The third-order valence-electron chi connectivity index (χ3n) is 3.68. The number of benzene rings is 1. The van der Waals surface area contributed by atoms with Gasteiger partial charge in [0, 0.05) is 11.5 Å². The molecule has 8 heteroatoms. The van der Waals surface area contributed by atoms with Crippen LogP contribution in [0.25, 0.3) is 0 Å². The molecular formula is C13H16BrClFNO3S. The zero-order chi connectivity index (χ0) is 15.7. The van der Waals surface area contributed by atoms with Gasteiger partial charge in [-0.15, -0.1) is 0 Å². The standard InChI is InChI=1S/C13H16BrClFNO3S/c14-9-5-10(15)11(16)6-12(9)20-7-13(3-1-2-4-13)8-21(17,18)19/h5-6H,1-4,7-8H2,(H2,17,18,19). The van der Waals surface area contributed by atoms with Crippen LogP contribution in [0.2, 0.25) is 5.02 Å². The van der Waals surface area contributed by atoms with Gasteiger partial charge in [-0.05, 0) is 34.8 Å². The van der Waals surface area contributed by atoms with E-state index < -0.39 is 21.3 Å². The first-order valence-corrected chi connectivity index (χ1v) is 9.37. The lowest BCUT2D eigenvalue weighted by molar-refractivity contribution is 0.169. The van der Waals surface area contributed by atoms with Crippen LogP contribution in [-0.4, -0.2) is 20.8 Å². The second-order valence-corrected chi connectivity index (χ2v) is 8.38. The Balaban J connectivity index is 2.14. The lowest BCUT2D eigenvalue weighted by Crippen LogP contribution is -2.36. The summed E-state index contributed by atoms with van der Waals surface area (Å²) in [5.41, 5.74) is -0.497. The van der Waals surface area contributed by atoms with Crippen molar-refractivity contribution in [2.75, 3.05) is 12.4 Å². The molecule has 1 aromatic rings. The van der Waals surface area contributed by atoms with Crippen molar-refractivity contribution in [2.24, 2.45) is 10.6 Å². The molecule has 0 saturated heterocycles. The molecule has 2 N–H and O–H groups in total. The maximum Gasteiger partial charge on any atom is 0.209 e. The molecule has 118 valence electrons. The van der Waals surface area contributed by atoms with Crippen LogP contribution < -0.4 is 9.88 Å². The van der Waals surface area contributed by atoms with Gasteiger partial charge in [0.25, 0.3) is 0 Å². The first kappa shape index (κ1) is 17.0. The van der Waals surface area contributed by atoms with Gasteiger partial charge in [-0.25, -0.2) is 17.9 Å². The Bertz CT molecular complexity index is 633. The van der Waals surface area contributed by atoms with Crippen LogP contribution in [-0.2, 0) is 10.0 Å². The number of hydrogen-bond acceptors (Lipinski definition) is 3. The summed E-state index contributed by atoms with van der Waals surface area (Å²) < 4.78 is 42.5. The Kier molecular flexibility index (Phi) is 5.18. The molecule has 0 aliphatic heterocycles. The first-order chi connectivity index (χ1) is 9.71. The SMILES string of the molecule is NS(=O)(=O)CC1(COc2cc(F)c(Cl)cc2Br)CCCC1. The van der Waals surface area contributed by atoms with Gasteiger partial charge in [-0.2, -0.15) is 0 Å². The largest absolute Gasteiger partial charge is 0.492 e. The molecule has 0 spiro atoms. The van der Waals surface area contributed by atoms with E-state index in [-0.39, 0.29) is 17.4 Å². The predicted molar refractivity (Wildman–Crippen MR) is 83.5 cm³/mol. The minimum Gasteiger partial charge on any atom is -0.492 e. The highest BCUT2D eigenvalue weighted by molar-refractivity contribution is 9.10. The summed E-state index contributed by atoms with van der Waals surface area (Å²) in [6.45, 7) is 0.184. The molecule has 21 heavy (non-hydrogen) atoms. The van der Waals surface area contributed by atoms with Gasteiger partial charge in [0.2, 0.25) is 10.0 Å². The number of hydrogen-bond donors (Lipinski definition) is 1. The Morgan fingerprint density at radius 3 is 2.57 bits per heavy atom. The van der Waals surface area contributed by atoms with Crippen molar-refractivity contribution in [3.8, 4) is 5.75 Å². The monoisotopic (exact) mass is 399 g/mol. The summed E-state index contributed by atoms with van der Waals surface area (Å²) in [6, 6.07) is 2.60. The Morgan fingerprint density at radius 2 is 2.00 bits per heavy atom. The quantitative estimate of drug-likeness (QED) is 0.769. The molecule has 1 aliphatic rings. The van der Waals surface area contributed by atoms with Gasteiger partial charge in [0.15, 0.2) is 0 Å². The normalized spacial score (nSPS) is 17.9. The summed E-state index contributed by atoms with van der Waals surface area (Å²) in [5, 5.41) is 5.17. The lowest BCUT2D eigenvalue weighted by Gasteiger charge is -2.28. The fraction of sp³-hybridized carbons (Fsp3) is 0.538. The number of primary sulfonamides is 1. The predicted octanol–water partition coefficient (Wildman–Crippen LogP) is 3.47. The van der Waals surface area contributed by atoms with Crippen LogP contribution >= 0.6 is 27.5 Å². The molecule has 1 saturated carbocycles. The van der Waals surface area contributed by atoms with Crippen LogP contribution in [0.1, 0.15) is 25.7 Å². The second-order valence-electron chi connectivity index (χ2n) is 5.50. The fourth-order valence-corrected chi connectivity index (χ4v) is 4.71. The molecule has 1 aromatic carbocycles. The van der Waals surface area contributed by atoms with E-state index in [9.17, 15) is 12.8 Å². The molecule has 0 bridgehead atoms. The van der Waals surface area contributed by atoms with E-state index in [1.165, 1.54) is 12.1 Å². The summed E-state index contributed by atoms with van der Waals surface area (Å²) in [5.74, 6) is -0.396. The second kappa shape index (κ2) is 6.40. The van der Waals surface area contributed by atoms with Crippen LogP contribution in [0.15, 0.2) is 16.6 Å². The summed E-state index contributed by atoms with van der Waals surface area (Å²) in [7, 11) is -3.58. The van der Waals surface area contributed by atoms with Crippen LogP contribution in [0.4, 0.5) is 4.39 Å². The first-order valence-electron chi connectivity index (χ1n) is 6.49. The molecular weight excluding hydrogens is 385 g/mol. The van der Waals surface area contributed by atoms with Gasteiger partial charge in [-0.1, -0.05) is 24.4 Å². The van der Waals surface area contributed by atoms with Crippen LogP contribution in [0, 0.1) is 11.2 Å². The fourth-order valence-electron chi connectivity index (χ4n) is 2.73. The van der Waals surface area contributed by atoms with E-state index in [2.05, 4.69) is 15.9 Å². The summed E-state index contributed by atoms with van der Waals surface area (Å²) in [4.78, 5) is 0. The lowest BCUT2D eigenvalue weighted by atomic mass is 9.90. The van der Waals surface area contributed by atoms with Crippen molar-refractivity contribution >= 4 is 37.6 Å². The maximum atomic E-state index is 13.5. The van der Waals surface area contributed by atoms with Gasteiger partial charge in [-0.3, -0.25) is 0 Å². The van der Waals surface area contributed by atoms with Gasteiger partial charge >= 0.3 is 0 Å². The molecule has 0 aromatic heterocycles. The van der Waals surface area contributed by atoms with Crippen LogP contribution in [0.5, 0.6) is 5.75 Å². The van der Waals surface area contributed by atoms with Crippen molar-refractivity contribution in [3.05, 3.63) is 27.4 Å². The molecule has 1 aliphatic carbocycles. The van der Waals surface area contributed by atoms with E-state index >= 15 is 0 Å². The highest BCUT2D eigenvalue weighted by Crippen LogP contribution is 2.40. The molecule has 0 radical (unpaired) electrons. The Labute approximate surface area is 137 Å². The minimum absolute atomic E-state index is 0.00524. The van der Waals surface area contributed by atoms with Gasteiger partial charge in [0.05, 0.1) is 21.9 Å². The van der Waals surface area contributed by atoms with E-state index in [0.29, 0.717) is 10.2 Å². The van der Waals surface area contributed by atoms with Gasteiger partial charge in [0.1, 0.15) is 11.6 Å². The number of halogens is 3. The topological polar surface area (TPSA) is 69.4 Å². The highest BCUT2D eigenvalue weighted by atomic mass is 79.9. The van der Waals surface area contributed by atoms with E-state index in [1.54, 1.807) is 0 Å². The number of rotatable bonds is 5. The molecule has 0 heterocycles. The molecule has 1 fully saturated rings. The number of nitrogens with two attached hydrogens (primary N) is 1. The highest BCUT2D eigenvalue weighted by Gasteiger charge is 2.38. The summed E-state index contributed by atoms with van der Waals surface area (Å²) >= 11 is 8.92. The minimum atomic E-state index is -3.58. The van der Waals surface area contributed by atoms with Crippen molar-refractivity contribution < 1.29 is 17.5 Å². The average molecular weight is 401 g/mol. The van der Waals surface area contributed by atoms with Crippen molar-refractivity contribution in [1.82, 2.24) is 0 Å². The van der Waals surface area contributed by atoms with E-state index in [0.717, 1.165) is 25.7 Å². The molecule has 2 rings (SSSR count). The number of sulfonamides is 1. The van der Waals surface area contributed by atoms with Crippen molar-refractivity contribution in [2.45, 2.75) is 25.7 Å². The summed E-state index contributed by atoms with van der Waals surface area (Å²) in [6.07, 6.45) is 3.35. The third-order valence-corrected chi connectivity index (χ3v) is 5.60. The smallest absolute Gasteiger partial charge is 0.209 e. The van der Waals surface area contributed by atoms with Crippen LogP contribution in [0.3, 0.4) is 0 Å². The van der Waals surface area contributed by atoms with E-state index in [4.69, 9.17) is 21.5 Å². The molecule has 0 unspecified atom stereocenters. The van der Waals surface area contributed by atoms with Gasteiger partial charge < -0.3 is 4.74 Å². The molecule has 0 atom stereocenters. The van der Waals surface area contributed by atoms with Crippen molar-refractivity contribution in [1.29, 1.82) is 0 Å².